The summed E-state index contributed by atoms with van der Waals surface area (Å²) in [5.74, 6) is 1.55. The maximum absolute atomic E-state index is 9.15. The summed E-state index contributed by atoms with van der Waals surface area (Å²) >= 11 is 0. The zero-order valence-corrected chi connectivity index (χ0v) is 12.5. The van der Waals surface area contributed by atoms with E-state index in [1.165, 1.54) is 11.1 Å². The lowest BCUT2D eigenvalue weighted by molar-refractivity contribution is 0.273. The number of ether oxygens (including phenoxy) is 1. The quantitative estimate of drug-likeness (QED) is 0.870. The predicted molar refractivity (Wildman–Crippen MR) is 84.4 cm³/mol. The number of rotatable bonds is 6. The second-order valence-electron chi connectivity index (χ2n) is 6.10. The third kappa shape index (κ3) is 2.96. The molecule has 2 nitrogen and oxygen atoms in total. The summed E-state index contributed by atoms with van der Waals surface area (Å²) in [6, 6.07) is 18.6. The van der Waals surface area contributed by atoms with E-state index in [-0.39, 0.29) is 12.0 Å². The second kappa shape index (κ2) is 5.90. The Kier molecular flexibility index (Phi) is 3.98. The van der Waals surface area contributed by atoms with Crippen LogP contribution in [-0.4, -0.2) is 11.7 Å². The molecule has 2 aromatic rings. The maximum Gasteiger partial charge on any atom is 0.123 e. The normalized spacial score (nSPS) is 23.8. The van der Waals surface area contributed by atoms with Crippen molar-refractivity contribution in [3.63, 3.8) is 0 Å². The molecular weight excluding hydrogens is 260 g/mol. The van der Waals surface area contributed by atoms with Gasteiger partial charge in [-0.1, -0.05) is 55.5 Å². The van der Waals surface area contributed by atoms with Gasteiger partial charge in [0.05, 0.1) is 0 Å². The van der Waals surface area contributed by atoms with Crippen molar-refractivity contribution in [2.75, 3.05) is 6.61 Å². The fourth-order valence-corrected chi connectivity index (χ4v) is 3.16. The van der Waals surface area contributed by atoms with Crippen molar-refractivity contribution in [3.05, 3.63) is 65.7 Å². The van der Waals surface area contributed by atoms with Crippen LogP contribution in [0.3, 0.4) is 0 Å². The minimum absolute atomic E-state index is 0.163. The van der Waals surface area contributed by atoms with Gasteiger partial charge in [-0.2, -0.15) is 0 Å². The van der Waals surface area contributed by atoms with E-state index in [1.807, 2.05) is 24.3 Å². The molecular formula is C19H22O2. The van der Waals surface area contributed by atoms with Gasteiger partial charge < -0.3 is 9.84 Å². The summed E-state index contributed by atoms with van der Waals surface area (Å²) in [6.45, 7) is 3.14. The van der Waals surface area contributed by atoms with Gasteiger partial charge in [0.15, 0.2) is 0 Å². The van der Waals surface area contributed by atoms with Crippen molar-refractivity contribution in [2.24, 2.45) is 5.92 Å². The zero-order valence-electron chi connectivity index (χ0n) is 12.5. The topological polar surface area (TPSA) is 29.5 Å². The smallest absolute Gasteiger partial charge is 0.123 e. The van der Waals surface area contributed by atoms with Crippen LogP contribution in [0.15, 0.2) is 54.6 Å². The molecule has 0 saturated heterocycles. The van der Waals surface area contributed by atoms with E-state index in [9.17, 15) is 0 Å². The Hall–Kier alpha value is -1.80. The SMILES string of the molecule is CC1(c2ccccc2OCc2ccccc2)CC1CCO. The first kappa shape index (κ1) is 14.2. The monoisotopic (exact) mass is 282 g/mol. The Morgan fingerprint density at radius 2 is 1.81 bits per heavy atom. The minimum atomic E-state index is 0.163. The molecule has 0 heterocycles. The summed E-state index contributed by atoms with van der Waals surface area (Å²) in [5, 5.41) is 9.15. The Labute approximate surface area is 126 Å². The minimum Gasteiger partial charge on any atom is -0.489 e. The molecule has 110 valence electrons. The molecule has 2 atom stereocenters. The van der Waals surface area contributed by atoms with Gasteiger partial charge in [0.25, 0.3) is 0 Å². The molecule has 2 heteroatoms. The van der Waals surface area contributed by atoms with Crippen LogP contribution in [0, 0.1) is 5.92 Å². The molecule has 2 aromatic carbocycles. The van der Waals surface area contributed by atoms with Crippen LogP contribution in [0.2, 0.25) is 0 Å². The molecule has 0 aliphatic heterocycles. The Balaban J connectivity index is 1.75. The lowest BCUT2D eigenvalue weighted by atomic mass is 9.93. The number of hydrogen-bond donors (Lipinski definition) is 1. The average molecular weight is 282 g/mol. The molecule has 3 rings (SSSR count). The Morgan fingerprint density at radius 1 is 1.10 bits per heavy atom. The van der Waals surface area contributed by atoms with Gasteiger partial charge in [-0.3, -0.25) is 0 Å². The van der Waals surface area contributed by atoms with Crippen LogP contribution in [0.25, 0.3) is 0 Å². The zero-order chi connectivity index (χ0) is 14.7. The number of benzene rings is 2. The van der Waals surface area contributed by atoms with Gasteiger partial charge in [-0.15, -0.1) is 0 Å². The van der Waals surface area contributed by atoms with Gasteiger partial charge in [0.2, 0.25) is 0 Å². The average Bonchev–Trinajstić information content (AvgIpc) is 3.18. The first-order chi connectivity index (χ1) is 10.2. The third-order valence-electron chi connectivity index (χ3n) is 4.63. The van der Waals surface area contributed by atoms with E-state index in [1.54, 1.807) is 0 Å². The molecule has 1 fully saturated rings. The van der Waals surface area contributed by atoms with E-state index in [0.717, 1.165) is 18.6 Å². The van der Waals surface area contributed by atoms with Crippen LogP contribution in [0.5, 0.6) is 5.75 Å². The number of hydrogen-bond acceptors (Lipinski definition) is 2. The van der Waals surface area contributed by atoms with E-state index in [2.05, 4.69) is 37.3 Å². The fraction of sp³-hybridized carbons (Fsp3) is 0.368. The number of aliphatic hydroxyl groups excluding tert-OH is 1. The lowest BCUT2D eigenvalue weighted by Gasteiger charge is -2.17. The van der Waals surface area contributed by atoms with E-state index >= 15 is 0 Å². The highest BCUT2D eigenvalue weighted by molar-refractivity contribution is 5.44. The molecule has 21 heavy (non-hydrogen) atoms. The van der Waals surface area contributed by atoms with Crippen LogP contribution < -0.4 is 4.74 Å². The maximum atomic E-state index is 9.15. The molecule has 1 saturated carbocycles. The molecule has 1 aliphatic carbocycles. The van der Waals surface area contributed by atoms with Gasteiger partial charge in [0, 0.05) is 12.2 Å². The summed E-state index contributed by atoms with van der Waals surface area (Å²) in [4.78, 5) is 0. The fourth-order valence-electron chi connectivity index (χ4n) is 3.16. The Morgan fingerprint density at radius 3 is 2.57 bits per heavy atom. The van der Waals surface area contributed by atoms with Crippen molar-refractivity contribution in [1.29, 1.82) is 0 Å². The van der Waals surface area contributed by atoms with Gasteiger partial charge in [-0.05, 0) is 35.8 Å². The highest BCUT2D eigenvalue weighted by atomic mass is 16.5. The third-order valence-corrected chi connectivity index (χ3v) is 4.63. The molecule has 0 bridgehead atoms. The first-order valence-corrected chi connectivity index (χ1v) is 7.61. The Bertz CT molecular complexity index is 594. The standard InChI is InChI=1S/C19H22O2/c1-19(13-16(19)11-12-20)17-9-5-6-10-18(17)21-14-15-7-3-2-4-8-15/h2-10,16,20H,11-14H2,1H3. The van der Waals surface area contributed by atoms with Crippen molar-refractivity contribution in [3.8, 4) is 5.75 Å². The molecule has 0 amide bonds. The van der Waals surface area contributed by atoms with E-state index < -0.39 is 0 Å². The van der Waals surface area contributed by atoms with Crippen molar-refractivity contribution in [2.45, 2.75) is 31.8 Å². The van der Waals surface area contributed by atoms with E-state index in [0.29, 0.717) is 12.5 Å². The van der Waals surface area contributed by atoms with Crippen LogP contribution in [0.1, 0.15) is 30.9 Å². The van der Waals surface area contributed by atoms with Crippen LogP contribution >= 0.6 is 0 Å². The molecule has 1 aliphatic rings. The molecule has 2 unspecified atom stereocenters. The van der Waals surface area contributed by atoms with Crippen LogP contribution in [-0.2, 0) is 12.0 Å². The first-order valence-electron chi connectivity index (χ1n) is 7.61. The van der Waals surface area contributed by atoms with Gasteiger partial charge in [0.1, 0.15) is 12.4 Å². The highest BCUT2D eigenvalue weighted by Crippen LogP contribution is 2.57. The van der Waals surface area contributed by atoms with Crippen LogP contribution in [0.4, 0.5) is 0 Å². The lowest BCUT2D eigenvalue weighted by Crippen LogP contribution is -2.09. The highest BCUT2D eigenvalue weighted by Gasteiger charge is 2.51. The molecule has 0 radical (unpaired) electrons. The molecule has 1 N–H and O–H groups in total. The predicted octanol–water partition coefficient (Wildman–Crippen LogP) is 3.93. The van der Waals surface area contributed by atoms with Gasteiger partial charge in [-0.25, -0.2) is 0 Å². The van der Waals surface area contributed by atoms with Crippen molar-refractivity contribution >= 4 is 0 Å². The summed E-state index contributed by atoms with van der Waals surface area (Å²) in [7, 11) is 0. The number of aliphatic hydroxyl groups is 1. The second-order valence-corrected chi connectivity index (χ2v) is 6.10. The van der Waals surface area contributed by atoms with Gasteiger partial charge >= 0.3 is 0 Å². The summed E-state index contributed by atoms with van der Waals surface area (Å²) in [5.41, 5.74) is 2.62. The largest absolute Gasteiger partial charge is 0.489 e. The molecule has 0 aromatic heterocycles. The summed E-state index contributed by atoms with van der Waals surface area (Å²) < 4.78 is 6.05. The van der Waals surface area contributed by atoms with Crippen molar-refractivity contribution < 1.29 is 9.84 Å². The number of para-hydroxylation sites is 1. The van der Waals surface area contributed by atoms with Crippen molar-refractivity contribution in [1.82, 2.24) is 0 Å². The molecule has 0 spiro atoms. The summed E-state index contributed by atoms with van der Waals surface area (Å²) in [6.07, 6.45) is 2.02. The van der Waals surface area contributed by atoms with E-state index in [4.69, 9.17) is 9.84 Å².